The van der Waals surface area contributed by atoms with E-state index in [1.165, 1.54) is 24.3 Å². The molecular weight excluding hydrogens is 263 g/mol. The van der Waals surface area contributed by atoms with Crippen molar-refractivity contribution in [3.8, 4) is 5.75 Å². The van der Waals surface area contributed by atoms with Gasteiger partial charge in [-0.05, 0) is 38.1 Å². The van der Waals surface area contributed by atoms with Crippen LogP contribution in [0.4, 0.5) is 4.39 Å². The Labute approximate surface area is 115 Å². The van der Waals surface area contributed by atoms with Crippen LogP contribution in [0, 0.1) is 12.7 Å². The number of amides is 1. The summed E-state index contributed by atoms with van der Waals surface area (Å²) in [7, 11) is 0. The predicted molar refractivity (Wildman–Crippen MR) is 70.0 cm³/mol. The number of aromatic nitrogens is 1. The number of nitrogens with zero attached hydrogens (tertiary/aromatic N) is 1. The van der Waals surface area contributed by atoms with Crippen molar-refractivity contribution in [1.82, 2.24) is 10.5 Å². The fourth-order valence-corrected chi connectivity index (χ4v) is 1.67. The maximum atomic E-state index is 12.8. The van der Waals surface area contributed by atoms with Crippen LogP contribution in [-0.2, 0) is 6.61 Å². The number of carbonyl (C=O) groups is 1. The van der Waals surface area contributed by atoms with Crippen molar-refractivity contribution in [2.45, 2.75) is 20.5 Å². The van der Waals surface area contributed by atoms with Crippen LogP contribution in [0.3, 0.4) is 0 Å². The van der Waals surface area contributed by atoms with Crippen LogP contribution in [-0.4, -0.2) is 17.6 Å². The SMILES string of the molecule is CCNC(=O)c1noc(C)c1COc1ccc(F)cc1. The molecule has 2 rings (SSSR count). The molecule has 0 aliphatic rings. The first-order valence-corrected chi connectivity index (χ1v) is 6.23. The van der Waals surface area contributed by atoms with Crippen molar-refractivity contribution in [2.75, 3.05) is 6.54 Å². The summed E-state index contributed by atoms with van der Waals surface area (Å²) in [5.74, 6) is 0.394. The zero-order valence-electron chi connectivity index (χ0n) is 11.3. The number of nitrogens with one attached hydrogen (secondary N) is 1. The summed E-state index contributed by atoms with van der Waals surface area (Å²) >= 11 is 0. The Morgan fingerprint density at radius 3 is 2.75 bits per heavy atom. The molecule has 0 atom stereocenters. The van der Waals surface area contributed by atoms with Gasteiger partial charge in [-0.15, -0.1) is 0 Å². The topological polar surface area (TPSA) is 64.4 Å². The molecule has 6 heteroatoms. The Hall–Kier alpha value is -2.37. The van der Waals surface area contributed by atoms with E-state index < -0.39 is 0 Å². The third-order valence-electron chi connectivity index (χ3n) is 2.73. The van der Waals surface area contributed by atoms with Gasteiger partial charge in [0.1, 0.15) is 23.9 Å². The van der Waals surface area contributed by atoms with E-state index in [1.807, 2.05) is 6.92 Å². The van der Waals surface area contributed by atoms with E-state index in [2.05, 4.69) is 10.5 Å². The smallest absolute Gasteiger partial charge is 0.273 e. The highest BCUT2D eigenvalue weighted by molar-refractivity contribution is 5.93. The van der Waals surface area contributed by atoms with Crippen LogP contribution in [0.25, 0.3) is 0 Å². The zero-order valence-corrected chi connectivity index (χ0v) is 11.3. The van der Waals surface area contributed by atoms with Crippen LogP contribution in [0.15, 0.2) is 28.8 Å². The highest BCUT2D eigenvalue weighted by atomic mass is 19.1. The Kier molecular flexibility index (Phi) is 4.34. The first-order valence-electron chi connectivity index (χ1n) is 6.23. The Morgan fingerprint density at radius 1 is 1.40 bits per heavy atom. The van der Waals surface area contributed by atoms with E-state index in [-0.39, 0.29) is 24.0 Å². The lowest BCUT2D eigenvalue weighted by Gasteiger charge is -2.06. The van der Waals surface area contributed by atoms with Crippen molar-refractivity contribution in [2.24, 2.45) is 0 Å². The molecule has 2 aromatic rings. The monoisotopic (exact) mass is 278 g/mol. The summed E-state index contributed by atoms with van der Waals surface area (Å²) in [6, 6.07) is 5.65. The van der Waals surface area contributed by atoms with E-state index >= 15 is 0 Å². The number of carbonyl (C=O) groups excluding carboxylic acids is 1. The molecule has 0 bridgehead atoms. The zero-order chi connectivity index (χ0) is 14.5. The number of rotatable bonds is 5. The van der Waals surface area contributed by atoms with Gasteiger partial charge in [0.25, 0.3) is 5.91 Å². The Bertz CT molecular complexity index is 593. The maximum absolute atomic E-state index is 12.8. The Balaban J connectivity index is 2.11. The molecule has 0 saturated heterocycles. The molecule has 0 aliphatic heterocycles. The molecule has 1 amide bonds. The largest absolute Gasteiger partial charge is 0.489 e. The van der Waals surface area contributed by atoms with Gasteiger partial charge in [-0.2, -0.15) is 0 Å². The van der Waals surface area contributed by atoms with Gasteiger partial charge in [-0.3, -0.25) is 4.79 Å². The highest BCUT2D eigenvalue weighted by Gasteiger charge is 2.19. The van der Waals surface area contributed by atoms with Crippen molar-refractivity contribution >= 4 is 5.91 Å². The molecule has 106 valence electrons. The molecule has 1 N–H and O–H groups in total. The normalized spacial score (nSPS) is 10.3. The third kappa shape index (κ3) is 3.14. The van der Waals surface area contributed by atoms with Crippen molar-refractivity contribution in [3.05, 3.63) is 47.1 Å². The van der Waals surface area contributed by atoms with Gasteiger partial charge in [-0.25, -0.2) is 4.39 Å². The summed E-state index contributed by atoms with van der Waals surface area (Å²) in [5.41, 5.74) is 0.798. The van der Waals surface area contributed by atoms with Gasteiger partial charge in [0.2, 0.25) is 0 Å². The summed E-state index contributed by atoms with van der Waals surface area (Å²) < 4.78 is 23.3. The van der Waals surface area contributed by atoms with Gasteiger partial charge in [0.15, 0.2) is 5.69 Å². The second kappa shape index (κ2) is 6.18. The quantitative estimate of drug-likeness (QED) is 0.912. The molecule has 0 aliphatic carbocycles. The van der Waals surface area contributed by atoms with Gasteiger partial charge < -0.3 is 14.6 Å². The number of hydrogen-bond donors (Lipinski definition) is 1. The lowest BCUT2D eigenvalue weighted by molar-refractivity contribution is 0.0944. The van der Waals surface area contributed by atoms with Gasteiger partial charge >= 0.3 is 0 Å². The van der Waals surface area contributed by atoms with E-state index in [4.69, 9.17) is 9.26 Å². The van der Waals surface area contributed by atoms with E-state index in [0.717, 1.165) is 0 Å². The molecule has 5 nitrogen and oxygen atoms in total. The number of halogens is 1. The first kappa shape index (κ1) is 14.0. The molecule has 0 fully saturated rings. The molecule has 0 spiro atoms. The second-order valence-corrected chi connectivity index (χ2v) is 4.17. The summed E-state index contributed by atoms with van der Waals surface area (Å²) in [6.07, 6.45) is 0. The summed E-state index contributed by atoms with van der Waals surface area (Å²) in [4.78, 5) is 11.8. The highest BCUT2D eigenvalue weighted by Crippen LogP contribution is 2.18. The minimum absolute atomic E-state index is 0.132. The third-order valence-corrected chi connectivity index (χ3v) is 2.73. The van der Waals surface area contributed by atoms with Crippen LogP contribution >= 0.6 is 0 Å². The molecule has 0 radical (unpaired) electrons. The average Bonchev–Trinajstić information content (AvgIpc) is 2.80. The minimum atomic E-state index is -0.332. The Morgan fingerprint density at radius 2 is 2.10 bits per heavy atom. The predicted octanol–water partition coefficient (Wildman–Crippen LogP) is 2.45. The molecule has 20 heavy (non-hydrogen) atoms. The molecule has 1 heterocycles. The minimum Gasteiger partial charge on any atom is -0.489 e. The first-order chi connectivity index (χ1) is 9.61. The van der Waals surface area contributed by atoms with Crippen LogP contribution in [0.1, 0.15) is 28.7 Å². The molecule has 1 aromatic heterocycles. The average molecular weight is 278 g/mol. The van der Waals surface area contributed by atoms with Crippen LogP contribution < -0.4 is 10.1 Å². The number of ether oxygens (including phenoxy) is 1. The molecular formula is C14H15FN2O3. The van der Waals surface area contributed by atoms with Crippen LogP contribution in [0.2, 0.25) is 0 Å². The maximum Gasteiger partial charge on any atom is 0.273 e. The number of benzene rings is 1. The summed E-state index contributed by atoms with van der Waals surface area (Å²) in [6.45, 7) is 4.16. The van der Waals surface area contributed by atoms with Crippen molar-refractivity contribution in [1.29, 1.82) is 0 Å². The van der Waals surface area contributed by atoms with E-state index in [1.54, 1.807) is 6.92 Å². The van der Waals surface area contributed by atoms with Crippen molar-refractivity contribution in [3.63, 3.8) is 0 Å². The fraction of sp³-hybridized carbons (Fsp3) is 0.286. The number of hydrogen-bond acceptors (Lipinski definition) is 4. The van der Waals surface area contributed by atoms with E-state index in [9.17, 15) is 9.18 Å². The van der Waals surface area contributed by atoms with Gasteiger partial charge in [-0.1, -0.05) is 5.16 Å². The standard InChI is InChI=1S/C14H15FN2O3/c1-3-16-14(18)13-12(9(2)20-17-13)8-19-11-6-4-10(15)5-7-11/h4-7H,3,8H2,1-2H3,(H,16,18). The van der Waals surface area contributed by atoms with E-state index in [0.29, 0.717) is 23.6 Å². The van der Waals surface area contributed by atoms with Crippen molar-refractivity contribution < 1.29 is 18.4 Å². The van der Waals surface area contributed by atoms with Crippen LogP contribution in [0.5, 0.6) is 5.75 Å². The van der Waals surface area contributed by atoms with Gasteiger partial charge in [0, 0.05) is 6.54 Å². The lowest BCUT2D eigenvalue weighted by atomic mass is 10.2. The lowest BCUT2D eigenvalue weighted by Crippen LogP contribution is -2.24. The molecule has 0 unspecified atom stereocenters. The van der Waals surface area contributed by atoms with Gasteiger partial charge in [0.05, 0.1) is 5.56 Å². The molecule has 0 saturated carbocycles. The number of aryl methyl sites for hydroxylation is 1. The second-order valence-electron chi connectivity index (χ2n) is 4.17. The summed E-state index contributed by atoms with van der Waals surface area (Å²) in [5, 5.41) is 6.39. The molecule has 1 aromatic carbocycles. The fourth-order valence-electron chi connectivity index (χ4n) is 1.67.